The van der Waals surface area contributed by atoms with Crippen LogP contribution in [0.2, 0.25) is 0 Å². The van der Waals surface area contributed by atoms with Crippen molar-refractivity contribution < 1.29 is 4.74 Å². The molecule has 0 radical (unpaired) electrons. The minimum atomic E-state index is 0.215. The number of methoxy groups -OCH3 is 1. The van der Waals surface area contributed by atoms with E-state index in [0.29, 0.717) is 5.92 Å². The number of aromatic nitrogens is 3. The molecule has 14 heavy (non-hydrogen) atoms. The Morgan fingerprint density at radius 3 is 2.93 bits per heavy atom. The standard InChI is InChI=1S/C9H18N4O/c1-7(4-5-14-3)8(10-2)9-11-6-12-13-9/h6-8,10H,4-5H2,1-3H3,(H,11,12,13). The molecule has 5 nitrogen and oxygen atoms in total. The van der Waals surface area contributed by atoms with Gasteiger partial charge in [0, 0.05) is 13.7 Å². The maximum atomic E-state index is 5.05. The lowest BCUT2D eigenvalue weighted by Gasteiger charge is -2.20. The number of nitrogens with zero attached hydrogens (tertiary/aromatic N) is 2. The van der Waals surface area contributed by atoms with Crippen LogP contribution < -0.4 is 5.32 Å². The average Bonchev–Trinajstić information content (AvgIpc) is 2.69. The van der Waals surface area contributed by atoms with E-state index in [1.54, 1.807) is 7.11 Å². The quantitative estimate of drug-likeness (QED) is 0.707. The molecule has 0 aromatic carbocycles. The van der Waals surface area contributed by atoms with Crippen LogP contribution in [0.1, 0.15) is 25.2 Å². The second kappa shape index (κ2) is 5.72. The summed E-state index contributed by atoms with van der Waals surface area (Å²) in [6.45, 7) is 2.94. The Hall–Kier alpha value is -0.940. The molecule has 2 N–H and O–H groups in total. The predicted molar refractivity (Wildman–Crippen MR) is 53.8 cm³/mol. The van der Waals surface area contributed by atoms with Crippen molar-refractivity contribution in [3.05, 3.63) is 12.2 Å². The highest BCUT2D eigenvalue weighted by molar-refractivity contribution is 4.93. The molecule has 1 heterocycles. The topological polar surface area (TPSA) is 62.8 Å². The van der Waals surface area contributed by atoms with Gasteiger partial charge in [0.2, 0.25) is 0 Å². The van der Waals surface area contributed by atoms with E-state index in [0.717, 1.165) is 18.9 Å². The first-order valence-electron chi connectivity index (χ1n) is 4.81. The Kier molecular flexibility index (Phi) is 4.55. The van der Waals surface area contributed by atoms with Gasteiger partial charge in [-0.25, -0.2) is 4.98 Å². The molecule has 0 fully saturated rings. The predicted octanol–water partition coefficient (Wildman–Crippen LogP) is 0.738. The van der Waals surface area contributed by atoms with Crippen molar-refractivity contribution in [3.63, 3.8) is 0 Å². The van der Waals surface area contributed by atoms with Gasteiger partial charge in [-0.2, -0.15) is 5.10 Å². The highest BCUT2D eigenvalue weighted by Gasteiger charge is 2.19. The number of rotatable bonds is 6. The van der Waals surface area contributed by atoms with Crippen LogP contribution in [-0.2, 0) is 4.74 Å². The first-order chi connectivity index (χ1) is 6.79. The van der Waals surface area contributed by atoms with Crippen LogP contribution in [0.4, 0.5) is 0 Å². The van der Waals surface area contributed by atoms with Crippen molar-refractivity contribution in [1.29, 1.82) is 0 Å². The maximum Gasteiger partial charge on any atom is 0.141 e. The Morgan fingerprint density at radius 1 is 1.64 bits per heavy atom. The second-order valence-electron chi connectivity index (χ2n) is 3.40. The Morgan fingerprint density at radius 2 is 2.43 bits per heavy atom. The van der Waals surface area contributed by atoms with E-state index in [1.165, 1.54) is 6.33 Å². The summed E-state index contributed by atoms with van der Waals surface area (Å²) in [6.07, 6.45) is 2.53. The van der Waals surface area contributed by atoms with Crippen molar-refractivity contribution in [2.75, 3.05) is 20.8 Å². The van der Waals surface area contributed by atoms with Crippen LogP contribution >= 0.6 is 0 Å². The molecule has 80 valence electrons. The molecule has 2 unspecified atom stereocenters. The molecule has 0 saturated heterocycles. The fourth-order valence-electron chi connectivity index (χ4n) is 1.53. The summed E-state index contributed by atoms with van der Waals surface area (Å²) in [7, 11) is 3.64. The lowest BCUT2D eigenvalue weighted by molar-refractivity contribution is 0.170. The van der Waals surface area contributed by atoms with Crippen LogP contribution in [0.15, 0.2) is 6.33 Å². The van der Waals surface area contributed by atoms with Crippen LogP contribution in [0.5, 0.6) is 0 Å². The number of H-pyrrole nitrogens is 1. The molecule has 2 atom stereocenters. The SMILES string of the molecule is CNC(c1ncn[nH]1)C(C)CCOC. The molecular weight excluding hydrogens is 180 g/mol. The fraction of sp³-hybridized carbons (Fsp3) is 0.778. The van der Waals surface area contributed by atoms with Crippen LogP contribution in [0, 0.1) is 5.92 Å². The van der Waals surface area contributed by atoms with E-state index in [-0.39, 0.29) is 6.04 Å². The van der Waals surface area contributed by atoms with Gasteiger partial charge in [0.1, 0.15) is 12.2 Å². The number of aromatic amines is 1. The normalized spacial score (nSPS) is 15.4. The molecule has 5 heteroatoms. The zero-order valence-electron chi connectivity index (χ0n) is 8.95. The van der Waals surface area contributed by atoms with Crippen molar-refractivity contribution in [2.45, 2.75) is 19.4 Å². The molecule has 1 aromatic rings. The number of nitrogens with one attached hydrogen (secondary N) is 2. The second-order valence-corrected chi connectivity index (χ2v) is 3.40. The fourth-order valence-corrected chi connectivity index (χ4v) is 1.53. The summed E-state index contributed by atoms with van der Waals surface area (Å²) in [5.41, 5.74) is 0. The third-order valence-electron chi connectivity index (χ3n) is 2.39. The number of hydrogen-bond acceptors (Lipinski definition) is 4. The zero-order valence-corrected chi connectivity index (χ0v) is 8.95. The summed E-state index contributed by atoms with van der Waals surface area (Å²) >= 11 is 0. The molecule has 0 bridgehead atoms. The van der Waals surface area contributed by atoms with Crippen LogP contribution in [0.25, 0.3) is 0 Å². The third-order valence-corrected chi connectivity index (χ3v) is 2.39. The Bertz CT molecular complexity index is 237. The van der Waals surface area contributed by atoms with Gasteiger partial charge in [0.15, 0.2) is 0 Å². The summed E-state index contributed by atoms with van der Waals surface area (Å²) in [4.78, 5) is 4.15. The van der Waals surface area contributed by atoms with E-state index in [4.69, 9.17) is 4.74 Å². The van der Waals surface area contributed by atoms with Crippen molar-refractivity contribution in [1.82, 2.24) is 20.5 Å². The summed E-state index contributed by atoms with van der Waals surface area (Å²) in [5, 5.41) is 9.95. The van der Waals surface area contributed by atoms with Crippen molar-refractivity contribution >= 4 is 0 Å². The van der Waals surface area contributed by atoms with Crippen molar-refractivity contribution in [3.8, 4) is 0 Å². The lowest BCUT2D eigenvalue weighted by Crippen LogP contribution is -2.25. The molecule has 0 aliphatic carbocycles. The monoisotopic (exact) mass is 198 g/mol. The van der Waals surface area contributed by atoms with Crippen LogP contribution in [0.3, 0.4) is 0 Å². The molecule has 1 aromatic heterocycles. The maximum absolute atomic E-state index is 5.05. The summed E-state index contributed by atoms with van der Waals surface area (Å²) in [5.74, 6) is 1.35. The van der Waals surface area contributed by atoms with Gasteiger partial charge in [-0.05, 0) is 19.4 Å². The molecule has 0 saturated carbocycles. The minimum absolute atomic E-state index is 0.215. The molecular formula is C9H18N4O. The molecule has 1 rings (SSSR count). The third kappa shape index (κ3) is 2.78. The molecule has 0 aliphatic rings. The summed E-state index contributed by atoms with van der Waals surface area (Å²) < 4.78 is 5.05. The van der Waals surface area contributed by atoms with Gasteiger partial charge in [-0.1, -0.05) is 6.92 Å². The smallest absolute Gasteiger partial charge is 0.141 e. The van der Waals surface area contributed by atoms with Gasteiger partial charge >= 0.3 is 0 Å². The average molecular weight is 198 g/mol. The van der Waals surface area contributed by atoms with Gasteiger partial charge in [-0.15, -0.1) is 0 Å². The van der Waals surface area contributed by atoms with Gasteiger partial charge in [0.05, 0.1) is 6.04 Å². The first kappa shape index (κ1) is 11.1. The van der Waals surface area contributed by atoms with E-state index in [9.17, 15) is 0 Å². The first-order valence-corrected chi connectivity index (χ1v) is 4.81. The lowest BCUT2D eigenvalue weighted by atomic mass is 9.98. The molecule has 0 spiro atoms. The van der Waals surface area contributed by atoms with Gasteiger partial charge in [-0.3, -0.25) is 5.10 Å². The largest absolute Gasteiger partial charge is 0.385 e. The number of hydrogen-bond donors (Lipinski definition) is 2. The highest BCUT2D eigenvalue weighted by atomic mass is 16.5. The molecule has 0 amide bonds. The van der Waals surface area contributed by atoms with E-state index in [1.807, 2.05) is 7.05 Å². The van der Waals surface area contributed by atoms with E-state index >= 15 is 0 Å². The minimum Gasteiger partial charge on any atom is -0.385 e. The van der Waals surface area contributed by atoms with E-state index < -0.39 is 0 Å². The highest BCUT2D eigenvalue weighted by Crippen LogP contribution is 2.20. The Balaban J connectivity index is 2.53. The van der Waals surface area contributed by atoms with E-state index in [2.05, 4.69) is 27.4 Å². The summed E-state index contributed by atoms with van der Waals surface area (Å²) in [6, 6.07) is 0.215. The number of ether oxygens (including phenoxy) is 1. The van der Waals surface area contributed by atoms with Gasteiger partial charge in [0.25, 0.3) is 0 Å². The van der Waals surface area contributed by atoms with Crippen molar-refractivity contribution in [2.24, 2.45) is 5.92 Å². The Labute approximate surface area is 84.3 Å². The molecule has 0 aliphatic heterocycles. The zero-order chi connectivity index (χ0) is 10.4. The van der Waals surface area contributed by atoms with Gasteiger partial charge < -0.3 is 10.1 Å². The van der Waals surface area contributed by atoms with Crippen LogP contribution in [-0.4, -0.2) is 35.9 Å².